The van der Waals surface area contributed by atoms with Crippen molar-refractivity contribution in [3.8, 4) is 34.5 Å². The van der Waals surface area contributed by atoms with Gasteiger partial charge in [0.25, 0.3) is 0 Å². The SMILES string of the molecule is COc1c(CC=C(C)C)c(O)c(Cc2c(O)cc(O)c(C(C)=O)c2O)c(O)c1C(C)=O. The van der Waals surface area contributed by atoms with Crippen LogP contribution in [0.1, 0.15) is 65.1 Å². The van der Waals surface area contributed by atoms with Gasteiger partial charge >= 0.3 is 0 Å². The number of rotatable bonds is 7. The van der Waals surface area contributed by atoms with Crippen molar-refractivity contribution in [2.75, 3.05) is 7.11 Å². The molecule has 0 unspecified atom stereocenters. The van der Waals surface area contributed by atoms with Crippen molar-refractivity contribution in [1.82, 2.24) is 0 Å². The lowest BCUT2D eigenvalue weighted by atomic mass is 9.91. The van der Waals surface area contributed by atoms with Gasteiger partial charge in [0.2, 0.25) is 0 Å². The molecule has 0 aromatic heterocycles. The van der Waals surface area contributed by atoms with E-state index in [9.17, 15) is 35.1 Å². The standard InChI is InChI=1S/C23H26O8/c1-10(2)6-7-13-20(28)15(22(30)19(12(4)25)23(13)31-5)8-14-16(26)9-17(27)18(11(3)24)21(14)29/h6,9,26-30H,7-8H2,1-5H3. The Kier molecular flexibility index (Phi) is 6.84. The number of methoxy groups -OCH3 is 1. The zero-order chi connectivity index (χ0) is 23.6. The largest absolute Gasteiger partial charge is 0.507 e. The number of phenolic OH excluding ortho intramolecular Hbond substituents is 5. The lowest BCUT2D eigenvalue weighted by molar-refractivity contribution is 0.0998. The summed E-state index contributed by atoms with van der Waals surface area (Å²) in [4.78, 5) is 24.1. The second-order valence-electron chi connectivity index (χ2n) is 7.45. The summed E-state index contributed by atoms with van der Waals surface area (Å²) in [6.45, 7) is 6.06. The van der Waals surface area contributed by atoms with Gasteiger partial charge in [-0.25, -0.2) is 0 Å². The highest BCUT2D eigenvalue weighted by Gasteiger charge is 2.29. The molecule has 0 fully saturated rings. The average molecular weight is 430 g/mol. The third-order valence-electron chi connectivity index (χ3n) is 4.93. The first kappa shape index (κ1) is 23.6. The number of Topliss-reactive ketones (excluding diaryl/α,β-unsaturated/α-hetero) is 2. The summed E-state index contributed by atoms with van der Waals surface area (Å²) >= 11 is 0. The maximum absolute atomic E-state index is 12.3. The monoisotopic (exact) mass is 430 g/mol. The Morgan fingerprint density at radius 1 is 0.806 bits per heavy atom. The summed E-state index contributed by atoms with van der Waals surface area (Å²) in [5.41, 5.74) is 0.274. The van der Waals surface area contributed by atoms with Gasteiger partial charge in [-0.15, -0.1) is 0 Å². The lowest BCUT2D eigenvalue weighted by Crippen LogP contribution is -2.07. The number of ether oxygens (including phenoxy) is 1. The lowest BCUT2D eigenvalue weighted by Gasteiger charge is -2.20. The van der Waals surface area contributed by atoms with E-state index in [1.54, 1.807) is 6.08 Å². The van der Waals surface area contributed by atoms with E-state index in [0.29, 0.717) is 0 Å². The van der Waals surface area contributed by atoms with Crippen LogP contribution in [0.25, 0.3) is 0 Å². The summed E-state index contributed by atoms with van der Waals surface area (Å²) in [6, 6.07) is 0.888. The Hall–Kier alpha value is -3.68. The number of benzene rings is 2. The zero-order valence-corrected chi connectivity index (χ0v) is 18.0. The van der Waals surface area contributed by atoms with Crippen LogP contribution in [-0.2, 0) is 12.8 Å². The number of hydrogen-bond donors (Lipinski definition) is 5. The van der Waals surface area contributed by atoms with E-state index in [2.05, 4.69) is 0 Å². The van der Waals surface area contributed by atoms with Gasteiger partial charge in [-0.3, -0.25) is 9.59 Å². The third kappa shape index (κ3) is 4.42. The predicted molar refractivity (Wildman–Crippen MR) is 114 cm³/mol. The van der Waals surface area contributed by atoms with Crippen LogP contribution in [0, 0.1) is 0 Å². The van der Waals surface area contributed by atoms with Gasteiger partial charge in [0.15, 0.2) is 11.6 Å². The number of aromatic hydroxyl groups is 5. The van der Waals surface area contributed by atoms with Crippen molar-refractivity contribution in [3.63, 3.8) is 0 Å². The first-order valence-corrected chi connectivity index (χ1v) is 9.47. The van der Waals surface area contributed by atoms with Crippen LogP contribution < -0.4 is 4.74 Å². The van der Waals surface area contributed by atoms with Gasteiger partial charge in [-0.1, -0.05) is 11.6 Å². The van der Waals surface area contributed by atoms with Gasteiger partial charge in [0, 0.05) is 29.2 Å². The second kappa shape index (κ2) is 8.99. The molecule has 0 radical (unpaired) electrons. The molecule has 31 heavy (non-hydrogen) atoms. The Bertz CT molecular complexity index is 1090. The normalized spacial score (nSPS) is 10.6. The quantitative estimate of drug-likeness (QED) is 0.330. The summed E-state index contributed by atoms with van der Waals surface area (Å²) in [7, 11) is 1.31. The zero-order valence-electron chi connectivity index (χ0n) is 18.0. The summed E-state index contributed by atoms with van der Waals surface area (Å²) < 4.78 is 5.30. The van der Waals surface area contributed by atoms with E-state index in [4.69, 9.17) is 4.74 Å². The van der Waals surface area contributed by atoms with Crippen LogP contribution >= 0.6 is 0 Å². The topological polar surface area (TPSA) is 145 Å². The first-order chi connectivity index (χ1) is 14.4. The Morgan fingerprint density at radius 3 is 1.84 bits per heavy atom. The molecule has 0 aliphatic heterocycles. The molecule has 5 N–H and O–H groups in total. The second-order valence-corrected chi connectivity index (χ2v) is 7.45. The van der Waals surface area contributed by atoms with Crippen LogP contribution in [-0.4, -0.2) is 44.2 Å². The highest BCUT2D eigenvalue weighted by Crippen LogP contribution is 2.47. The highest BCUT2D eigenvalue weighted by atomic mass is 16.5. The fraction of sp³-hybridized carbons (Fsp3) is 0.304. The van der Waals surface area contributed by atoms with Crippen molar-refractivity contribution in [3.05, 3.63) is 45.5 Å². The minimum absolute atomic E-state index is 0.0207. The first-order valence-electron chi connectivity index (χ1n) is 9.47. The van der Waals surface area contributed by atoms with E-state index in [1.807, 2.05) is 13.8 Å². The minimum atomic E-state index is -0.685. The Labute approximate surface area is 179 Å². The van der Waals surface area contributed by atoms with E-state index < -0.39 is 46.5 Å². The molecule has 0 heterocycles. The summed E-state index contributed by atoms with van der Waals surface area (Å²) in [6.07, 6.45) is 1.56. The van der Waals surface area contributed by atoms with Crippen molar-refractivity contribution in [2.45, 2.75) is 40.5 Å². The van der Waals surface area contributed by atoms with Gasteiger partial charge < -0.3 is 30.3 Å². The fourth-order valence-corrected chi connectivity index (χ4v) is 3.41. The molecule has 166 valence electrons. The molecular formula is C23H26O8. The highest BCUT2D eigenvalue weighted by molar-refractivity contribution is 6.02. The molecule has 0 saturated carbocycles. The van der Waals surface area contributed by atoms with Gasteiger partial charge in [-0.05, 0) is 34.1 Å². The molecule has 2 aromatic carbocycles. The van der Waals surface area contributed by atoms with E-state index in [1.165, 1.54) is 14.0 Å². The number of carbonyl (C=O) groups is 2. The molecule has 0 aliphatic carbocycles. The Morgan fingerprint density at radius 2 is 1.35 bits per heavy atom. The van der Waals surface area contributed by atoms with Crippen LogP contribution in [0.15, 0.2) is 17.7 Å². The smallest absolute Gasteiger partial charge is 0.167 e. The van der Waals surface area contributed by atoms with Gasteiger partial charge in [0.05, 0.1) is 7.11 Å². The van der Waals surface area contributed by atoms with E-state index in [-0.39, 0.29) is 40.2 Å². The molecule has 0 amide bonds. The van der Waals surface area contributed by atoms with Crippen LogP contribution in [0.2, 0.25) is 0 Å². The summed E-state index contributed by atoms with van der Waals surface area (Å²) in [5.74, 6) is -3.94. The third-order valence-corrected chi connectivity index (χ3v) is 4.93. The van der Waals surface area contributed by atoms with Crippen LogP contribution in [0.5, 0.6) is 34.5 Å². The maximum atomic E-state index is 12.3. The van der Waals surface area contributed by atoms with Crippen LogP contribution in [0.4, 0.5) is 0 Å². The number of phenols is 5. The van der Waals surface area contributed by atoms with Crippen LogP contribution in [0.3, 0.4) is 0 Å². The molecule has 2 rings (SSSR count). The average Bonchev–Trinajstić information content (AvgIpc) is 2.64. The fourth-order valence-electron chi connectivity index (χ4n) is 3.41. The van der Waals surface area contributed by atoms with E-state index in [0.717, 1.165) is 18.6 Å². The predicted octanol–water partition coefficient (Wildman–Crippen LogP) is 3.73. The molecule has 2 aromatic rings. The molecule has 0 bridgehead atoms. The van der Waals surface area contributed by atoms with Crippen molar-refractivity contribution in [2.24, 2.45) is 0 Å². The van der Waals surface area contributed by atoms with Crippen molar-refractivity contribution < 1.29 is 39.9 Å². The van der Waals surface area contributed by atoms with E-state index >= 15 is 0 Å². The molecule has 8 nitrogen and oxygen atoms in total. The molecule has 8 heteroatoms. The molecule has 0 spiro atoms. The molecule has 0 aliphatic rings. The molecular weight excluding hydrogens is 404 g/mol. The van der Waals surface area contributed by atoms with Gasteiger partial charge in [-0.2, -0.15) is 0 Å². The van der Waals surface area contributed by atoms with Gasteiger partial charge in [0.1, 0.15) is 45.6 Å². The number of carbonyl (C=O) groups excluding carboxylic acids is 2. The molecule has 0 saturated heterocycles. The van der Waals surface area contributed by atoms with Crippen molar-refractivity contribution >= 4 is 11.6 Å². The van der Waals surface area contributed by atoms with Crippen molar-refractivity contribution in [1.29, 1.82) is 0 Å². The minimum Gasteiger partial charge on any atom is -0.507 e. The Balaban J connectivity index is 2.84. The number of hydrogen-bond acceptors (Lipinski definition) is 8. The summed E-state index contributed by atoms with van der Waals surface area (Å²) in [5, 5.41) is 52.3. The molecule has 0 atom stereocenters. The number of allylic oxidation sites excluding steroid dienone is 2. The number of ketones is 2. The maximum Gasteiger partial charge on any atom is 0.167 e.